The van der Waals surface area contributed by atoms with Gasteiger partial charge in [0.25, 0.3) is 5.91 Å². The van der Waals surface area contributed by atoms with E-state index in [1.165, 1.54) is 17.4 Å². The van der Waals surface area contributed by atoms with Gasteiger partial charge in [-0.15, -0.1) is 11.3 Å². The second-order valence-corrected chi connectivity index (χ2v) is 5.47. The van der Waals surface area contributed by atoms with E-state index in [9.17, 15) is 14.7 Å². The second-order valence-electron chi connectivity index (χ2n) is 4.35. The Morgan fingerprint density at radius 2 is 2.26 bits per heavy atom. The van der Waals surface area contributed by atoms with Crippen molar-refractivity contribution in [1.29, 1.82) is 0 Å². The van der Waals surface area contributed by atoms with Gasteiger partial charge >= 0.3 is 5.97 Å². The van der Waals surface area contributed by atoms with Gasteiger partial charge in [-0.2, -0.15) is 0 Å². The number of nitrogens with zero attached hydrogens (tertiary/aromatic N) is 1. The Morgan fingerprint density at radius 3 is 2.95 bits per heavy atom. The summed E-state index contributed by atoms with van der Waals surface area (Å²) in [5.41, 5.74) is 0. The molecule has 2 heterocycles. The number of carboxylic acid groups (broad SMARTS) is 1. The maximum absolute atomic E-state index is 12.3. The van der Waals surface area contributed by atoms with Crippen LogP contribution in [0.2, 0.25) is 0 Å². The average molecular weight is 281 g/mol. The number of aliphatic hydroxyl groups is 1. The van der Waals surface area contributed by atoms with E-state index >= 15 is 0 Å². The minimum Gasteiger partial charge on any atom is -0.478 e. The topological polar surface area (TPSA) is 77.8 Å². The number of carbonyl (C=O) groups excluding carboxylic acids is 1. The molecule has 1 aromatic heterocycles. The Labute approximate surface area is 114 Å². The molecule has 1 fully saturated rings. The molecule has 1 unspecified atom stereocenters. The van der Waals surface area contributed by atoms with Crippen LogP contribution in [-0.4, -0.2) is 46.2 Å². The van der Waals surface area contributed by atoms with Crippen LogP contribution >= 0.6 is 11.3 Å². The Morgan fingerprint density at radius 1 is 1.47 bits per heavy atom. The molecule has 1 atom stereocenters. The first-order valence-corrected chi connectivity index (χ1v) is 6.86. The number of carbonyl (C=O) groups is 2. The summed E-state index contributed by atoms with van der Waals surface area (Å²) < 4.78 is 0. The van der Waals surface area contributed by atoms with Gasteiger partial charge in [-0.3, -0.25) is 4.79 Å². The van der Waals surface area contributed by atoms with Crippen molar-refractivity contribution in [3.8, 4) is 0 Å². The lowest BCUT2D eigenvalue weighted by Crippen LogP contribution is -2.37. The Hall–Kier alpha value is -1.66. The zero-order valence-electron chi connectivity index (χ0n) is 10.3. The van der Waals surface area contributed by atoms with E-state index in [1.807, 2.05) is 0 Å². The highest BCUT2D eigenvalue weighted by atomic mass is 32.1. The first-order chi connectivity index (χ1) is 9.11. The number of likely N-dealkylation sites (tertiary alicyclic amines) is 1. The highest BCUT2D eigenvalue weighted by Gasteiger charge is 2.29. The molecule has 1 aliphatic heterocycles. The van der Waals surface area contributed by atoms with E-state index in [-0.39, 0.29) is 18.6 Å². The molecule has 6 heteroatoms. The minimum atomic E-state index is -1.01. The molecule has 0 saturated carbocycles. The molecule has 0 spiro atoms. The van der Waals surface area contributed by atoms with E-state index in [4.69, 9.17) is 5.11 Å². The number of hydrogen-bond acceptors (Lipinski definition) is 4. The van der Waals surface area contributed by atoms with Crippen molar-refractivity contribution in [2.45, 2.75) is 18.9 Å². The minimum absolute atomic E-state index is 0.0110. The molecule has 102 valence electrons. The van der Waals surface area contributed by atoms with Crippen LogP contribution in [0.4, 0.5) is 0 Å². The summed E-state index contributed by atoms with van der Waals surface area (Å²) in [5.74, 6) is -1.10. The standard InChI is InChI=1S/C13H15NO4S/c15-8-9-2-1-7-14(9)13(18)11-5-3-10(19-11)4-6-12(16)17/h3-6,9,15H,1-2,7-8H2,(H,16,17). The lowest BCUT2D eigenvalue weighted by Gasteiger charge is -2.22. The first-order valence-electron chi connectivity index (χ1n) is 6.04. The molecular weight excluding hydrogens is 266 g/mol. The van der Waals surface area contributed by atoms with Crippen LogP contribution in [0.5, 0.6) is 0 Å². The fraction of sp³-hybridized carbons (Fsp3) is 0.385. The molecule has 2 N–H and O–H groups in total. The summed E-state index contributed by atoms with van der Waals surface area (Å²) in [4.78, 5) is 25.7. The summed E-state index contributed by atoms with van der Waals surface area (Å²) in [6.07, 6.45) is 4.26. The summed E-state index contributed by atoms with van der Waals surface area (Å²) >= 11 is 1.26. The largest absolute Gasteiger partial charge is 0.478 e. The lowest BCUT2D eigenvalue weighted by atomic mass is 10.2. The van der Waals surface area contributed by atoms with Crippen molar-refractivity contribution in [3.05, 3.63) is 28.0 Å². The third-order valence-electron chi connectivity index (χ3n) is 3.08. The average Bonchev–Trinajstić information content (AvgIpc) is 3.04. The van der Waals surface area contributed by atoms with Gasteiger partial charge in [-0.05, 0) is 31.1 Å². The Bertz CT molecular complexity index is 508. The van der Waals surface area contributed by atoms with Gasteiger partial charge in [-0.1, -0.05) is 0 Å². The molecule has 0 bridgehead atoms. The number of thiophene rings is 1. The van der Waals surface area contributed by atoms with Crippen molar-refractivity contribution in [1.82, 2.24) is 4.90 Å². The van der Waals surface area contributed by atoms with E-state index in [0.717, 1.165) is 23.8 Å². The maximum Gasteiger partial charge on any atom is 0.328 e. The van der Waals surface area contributed by atoms with Crippen LogP contribution in [0.25, 0.3) is 6.08 Å². The van der Waals surface area contributed by atoms with Crippen molar-refractivity contribution in [2.24, 2.45) is 0 Å². The van der Waals surface area contributed by atoms with Gasteiger partial charge in [0, 0.05) is 17.5 Å². The van der Waals surface area contributed by atoms with Gasteiger partial charge in [0.1, 0.15) is 0 Å². The molecule has 0 radical (unpaired) electrons. The van der Waals surface area contributed by atoms with Crippen LogP contribution in [-0.2, 0) is 4.79 Å². The number of amides is 1. The fourth-order valence-corrected chi connectivity index (χ4v) is 3.01. The summed E-state index contributed by atoms with van der Waals surface area (Å²) in [6.45, 7) is 0.658. The van der Waals surface area contributed by atoms with Gasteiger partial charge in [0.05, 0.1) is 17.5 Å². The monoisotopic (exact) mass is 281 g/mol. The zero-order valence-corrected chi connectivity index (χ0v) is 11.1. The Balaban J connectivity index is 2.09. The maximum atomic E-state index is 12.3. The fourth-order valence-electron chi connectivity index (χ4n) is 2.15. The number of aliphatic hydroxyl groups excluding tert-OH is 1. The first kappa shape index (κ1) is 13.8. The van der Waals surface area contributed by atoms with E-state index in [1.54, 1.807) is 17.0 Å². The van der Waals surface area contributed by atoms with Crippen LogP contribution in [0.1, 0.15) is 27.4 Å². The normalized spacial score (nSPS) is 19.2. The molecule has 0 aliphatic carbocycles. The van der Waals surface area contributed by atoms with Crippen LogP contribution in [0, 0.1) is 0 Å². The number of rotatable bonds is 4. The molecule has 1 aliphatic rings. The summed E-state index contributed by atoms with van der Waals surface area (Å²) in [7, 11) is 0. The SMILES string of the molecule is O=C(O)C=Cc1ccc(C(=O)N2CCCC2CO)s1. The zero-order chi connectivity index (χ0) is 13.8. The predicted molar refractivity (Wildman–Crippen MR) is 72.1 cm³/mol. The van der Waals surface area contributed by atoms with E-state index in [0.29, 0.717) is 11.4 Å². The van der Waals surface area contributed by atoms with Crippen molar-refractivity contribution >= 4 is 29.3 Å². The van der Waals surface area contributed by atoms with Gasteiger partial charge < -0.3 is 15.1 Å². The quantitative estimate of drug-likeness (QED) is 0.819. The van der Waals surface area contributed by atoms with E-state index in [2.05, 4.69) is 0 Å². The van der Waals surface area contributed by atoms with E-state index < -0.39 is 5.97 Å². The van der Waals surface area contributed by atoms with Crippen molar-refractivity contribution in [2.75, 3.05) is 13.2 Å². The van der Waals surface area contributed by atoms with Gasteiger partial charge in [0.15, 0.2) is 0 Å². The Kier molecular flexibility index (Phi) is 4.34. The van der Waals surface area contributed by atoms with Crippen LogP contribution < -0.4 is 0 Å². The summed E-state index contributed by atoms with van der Waals surface area (Å²) in [6, 6.07) is 3.33. The predicted octanol–water partition coefficient (Wildman–Crippen LogP) is 1.44. The molecular formula is C13H15NO4S. The third-order valence-corrected chi connectivity index (χ3v) is 4.11. The smallest absolute Gasteiger partial charge is 0.328 e. The van der Waals surface area contributed by atoms with Gasteiger partial charge in [-0.25, -0.2) is 4.79 Å². The molecule has 1 aromatic rings. The third kappa shape index (κ3) is 3.21. The van der Waals surface area contributed by atoms with Crippen LogP contribution in [0.15, 0.2) is 18.2 Å². The number of hydrogen-bond donors (Lipinski definition) is 2. The molecule has 5 nitrogen and oxygen atoms in total. The highest BCUT2D eigenvalue weighted by Crippen LogP contribution is 2.24. The highest BCUT2D eigenvalue weighted by molar-refractivity contribution is 7.14. The van der Waals surface area contributed by atoms with Crippen molar-refractivity contribution < 1.29 is 19.8 Å². The van der Waals surface area contributed by atoms with Crippen molar-refractivity contribution in [3.63, 3.8) is 0 Å². The lowest BCUT2D eigenvalue weighted by molar-refractivity contribution is -0.131. The van der Waals surface area contributed by atoms with Gasteiger partial charge in [0.2, 0.25) is 0 Å². The van der Waals surface area contributed by atoms with Crippen LogP contribution in [0.3, 0.4) is 0 Å². The summed E-state index contributed by atoms with van der Waals surface area (Å²) in [5, 5.41) is 17.8. The molecule has 0 aromatic carbocycles. The number of carboxylic acids is 1. The second kappa shape index (κ2) is 5.99. The molecule has 2 rings (SSSR count). The number of aliphatic carboxylic acids is 1. The molecule has 19 heavy (non-hydrogen) atoms. The molecule has 1 saturated heterocycles. The molecule has 1 amide bonds.